The molecule has 2 aliphatic rings. The van der Waals surface area contributed by atoms with Gasteiger partial charge in [0.2, 0.25) is 5.95 Å². The Hall–Kier alpha value is -2.74. The van der Waals surface area contributed by atoms with Gasteiger partial charge in [0, 0.05) is 44.6 Å². The van der Waals surface area contributed by atoms with E-state index in [1.807, 2.05) is 52.6 Å². The van der Waals surface area contributed by atoms with Crippen LogP contribution in [0.15, 0.2) is 36.0 Å². The molecule has 2 saturated heterocycles. The number of hydrogen-bond acceptors (Lipinski definition) is 6. The Morgan fingerprint density at radius 3 is 2.83 bits per heavy atom. The molecule has 7 nitrogen and oxygen atoms in total. The second-order valence-corrected chi connectivity index (χ2v) is 8.62. The van der Waals surface area contributed by atoms with Crippen molar-refractivity contribution in [3.63, 3.8) is 0 Å². The summed E-state index contributed by atoms with van der Waals surface area (Å²) in [5.74, 6) is 0.882. The highest BCUT2D eigenvalue weighted by atomic mass is 32.1. The van der Waals surface area contributed by atoms with Crippen molar-refractivity contribution in [1.82, 2.24) is 24.6 Å². The Bertz CT molecular complexity index is 1010. The van der Waals surface area contributed by atoms with Gasteiger partial charge in [0.25, 0.3) is 5.91 Å². The number of aryl methyl sites for hydroxylation is 1. The van der Waals surface area contributed by atoms with Crippen LogP contribution in [0.5, 0.6) is 0 Å². The van der Waals surface area contributed by atoms with Crippen molar-refractivity contribution in [2.24, 2.45) is 7.05 Å². The van der Waals surface area contributed by atoms with Gasteiger partial charge in [-0.15, -0.1) is 11.3 Å². The monoisotopic (exact) mass is 408 g/mol. The molecule has 0 aromatic carbocycles. The number of hydrogen-bond donors (Lipinski definition) is 0. The molecule has 29 heavy (non-hydrogen) atoms. The van der Waals surface area contributed by atoms with Crippen molar-refractivity contribution in [1.29, 1.82) is 0 Å². The maximum atomic E-state index is 13.0. The molecule has 2 aliphatic heterocycles. The Labute approximate surface area is 174 Å². The molecule has 3 aromatic heterocycles. The number of likely N-dealkylation sites (tertiary alicyclic amines) is 1. The molecule has 0 spiro atoms. The van der Waals surface area contributed by atoms with Crippen LogP contribution in [0.2, 0.25) is 0 Å². The van der Waals surface area contributed by atoms with Gasteiger partial charge in [-0.25, -0.2) is 9.97 Å². The van der Waals surface area contributed by atoms with Crippen LogP contribution < -0.4 is 4.90 Å². The predicted molar refractivity (Wildman–Crippen MR) is 113 cm³/mol. The van der Waals surface area contributed by atoms with E-state index in [1.165, 1.54) is 24.2 Å². The third kappa shape index (κ3) is 3.42. The molecule has 150 valence electrons. The average Bonchev–Trinajstić information content (AvgIpc) is 3.54. The van der Waals surface area contributed by atoms with E-state index in [0.29, 0.717) is 0 Å². The highest BCUT2D eigenvalue weighted by Gasteiger charge is 2.34. The number of aromatic nitrogens is 4. The fourth-order valence-electron chi connectivity index (χ4n) is 4.35. The topological polar surface area (TPSA) is 67.2 Å². The van der Waals surface area contributed by atoms with E-state index in [4.69, 9.17) is 10.1 Å². The smallest absolute Gasteiger partial charge is 0.264 e. The molecule has 2 fully saturated rings. The summed E-state index contributed by atoms with van der Waals surface area (Å²) in [5, 5.41) is 6.71. The summed E-state index contributed by atoms with van der Waals surface area (Å²) in [6, 6.07) is 5.75. The fourth-order valence-corrected chi connectivity index (χ4v) is 5.03. The summed E-state index contributed by atoms with van der Waals surface area (Å²) >= 11 is 1.49. The Kier molecular flexibility index (Phi) is 4.79. The summed E-state index contributed by atoms with van der Waals surface area (Å²) in [7, 11) is 1.93. The van der Waals surface area contributed by atoms with Gasteiger partial charge < -0.3 is 9.80 Å². The van der Waals surface area contributed by atoms with Crippen LogP contribution in [0, 0.1) is 0 Å². The normalized spacial score (nSPS) is 19.3. The average molecular weight is 409 g/mol. The van der Waals surface area contributed by atoms with Crippen molar-refractivity contribution in [2.45, 2.75) is 31.7 Å². The number of nitrogens with zero attached hydrogens (tertiary/aromatic N) is 6. The molecule has 5 rings (SSSR count). The van der Waals surface area contributed by atoms with Gasteiger partial charge in [-0.05, 0) is 43.2 Å². The van der Waals surface area contributed by atoms with Crippen molar-refractivity contribution < 1.29 is 4.79 Å². The minimum atomic E-state index is -0.0222. The van der Waals surface area contributed by atoms with E-state index in [1.54, 1.807) is 0 Å². The lowest BCUT2D eigenvalue weighted by Gasteiger charge is -2.24. The number of amides is 1. The molecule has 0 bridgehead atoms. The van der Waals surface area contributed by atoms with E-state index >= 15 is 0 Å². The zero-order chi connectivity index (χ0) is 19.8. The number of carbonyl (C=O) groups is 1. The Morgan fingerprint density at radius 1 is 1.17 bits per heavy atom. The van der Waals surface area contributed by atoms with Crippen LogP contribution in [-0.4, -0.2) is 50.2 Å². The molecular formula is C21H24N6OS. The first-order valence-electron chi connectivity index (χ1n) is 10.2. The summed E-state index contributed by atoms with van der Waals surface area (Å²) < 4.78 is 1.83. The Morgan fingerprint density at radius 2 is 2.03 bits per heavy atom. The summed E-state index contributed by atoms with van der Waals surface area (Å²) in [4.78, 5) is 27.4. The second kappa shape index (κ2) is 7.59. The summed E-state index contributed by atoms with van der Waals surface area (Å²) in [6.45, 7) is 2.78. The lowest BCUT2D eigenvalue weighted by Crippen LogP contribution is -2.30. The second-order valence-electron chi connectivity index (χ2n) is 7.67. The Balaban J connectivity index is 1.49. The van der Waals surface area contributed by atoms with E-state index in [9.17, 15) is 4.79 Å². The van der Waals surface area contributed by atoms with Gasteiger partial charge in [0.05, 0.1) is 22.3 Å². The minimum Gasteiger partial charge on any atom is -0.341 e. The largest absolute Gasteiger partial charge is 0.341 e. The molecule has 5 heterocycles. The van der Waals surface area contributed by atoms with Crippen molar-refractivity contribution >= 4 is 23.2 Å². The third-order valence-corrected chi connectivity index (χ3v) is 6.58. The van der Waals surface area contributed by atoms with Crippen molar-refractivity contribution in [3.05, 3.63) is 46.5 Å². The number of thiophene rings is 1. The maximum Gasteiger partial charge on any atom is 0.264 e. The fraction of sp³-hybridized carbons (Fsp3) is 0.429. The number of rotatable bonds is 4. The quantitative estimate of drug-likeness (QED) is 0.661. The molecule has 8 heteroatoms. The van der Waals surface area contributed by atoms with Crippen LogP contribution >= 0.6 is 11.3 Å². The molecule has 0 N–H and O–H groups in total. The van der Waals surface area contributed by atoms with Crippen molar-refractivity contribution in [2.75, 3.05) is 24.5 Å². The van der Waals surface area contributed by atoms with Gasteiger partial charge in [-0.2, -0.15) is 5.10 Å². The van der Waals surface area contributed by atoms with Crippen molar-refractivity contribution in [3.8, 4) is 11.3 Å². The molecule has 0 saturated carbocycles. The van der Waals surface area contributed by atoms with Gasteiger partial charge >= 0.3 is 0 Å². The van der Waals surface area contributed by atoms with E-state index in [0.717, 1.165) is 60.3 Å². The van der Waals surface area contributed by atoms with Gasteiger partial charge in [-0.3, -0.25) is 9.48 Å². The predicted octanol–water partition coefficient (Wildman–Crippen LogP) is 3.52. The zero-order valence-electron chi connectivity index (χ0n) is 16.5. The van der Waals surface area contributed by atoms with Crippen LogP contribution in [0.1, 0.15) is 47.1 Å². The molecular weight excluding hydrogens is 384 g/mol. The highest BCUT2D eigenvalue weighted by molar-refractivity contribution is 7.12. The zero-order valence-corrected chi connectivity index (χ0v) is 17.3. The molecule has 0 aliphatic carbocycles. The van der Waals surface area contributed by atoms with Crippen LogP contribution in [0.4, 0.5) is 5.95 Å². The summed E-state index contributed by atoms with van der Waals surface area (Å²) in [6.07, 6.45) is 8.13. The number of carbonyl (C=O) groups excluding carboxylic acids is 1. The van der Waals surface area contributed by atoms with E-state index in [2.05, 4.69) is 9.88 Å². The molecule has 3 aromatic rings. The first-order valence-corrected chi connectivity index (χ1v) is 11.0. The maximum absolute atomic E-state index is 13.0. The van der Waals surface area contributed by atoms with Crippen LogP contribution in [0.25, 0.3) is 11.3 Å². The summed E-state index contributed by atoms with van der Waals surface area (Å²) in [5.41, 5.74) is 2.80. The number of anilines is 1. The lowest BCUT2D eigenvalue weighted by molar-refractivity contribution is 0.0738. The standard InChI is InChI=1S/C21H24N6OS/c1-25-14-15(16-8-9-22-21(23-16)26-10-2-3-11-26)19(24-25)17-6-4-12-27(17)20(28)18-7-5-13-29-18/h5,7-9,13-14,17H,2-4,6,10-12H2,1H3. The van der Waals surface area contributed by atoms with E-state index in [-0.39, 0.29) is 11.9 Å². The highest BCUT2D eigenvalue weighted by Crippen LogP contribution is 2.37. The van der Waals surface area contributed by atoms with E-state index < -0.39 is 0 Å². The van der Waals surface area contributed by atoms with Crippen LogP contribution in [-0.2, 0) is 7.05 Å². The molecule has 1 unspecified atom stereocenters. The lowest BCUT2D eigenvalue weighted by atomic mass is 10.0. The minimum absolute atomic E-state index is 0.0222. The first kappa shape index (κ1) is 18.3. The van der Waals surface area contributed by atoms with Crippen LogP contribution in [0.3, 0.4) is 0 Å². The molecule has 0 radical (unpaired) electrons. The SMILES string of the molecule is Cn1cc(-c2ccnc(N3CCCC3)n2)c(C2CCCN2C(=O)c2cccs2)n1. The van der Waals surface area contributed by atoms with Gasteiger partial charge in [0.1, 0.15) is 0 Å². The molecule has 1 amide bonds. The molecule has 1 atom stereocenters. The van der Waals surface area contributed by atoms with Gasteiger partial charge in [0.15, 0.2) is 0 Å². The van der Waals surface area contributed by atoms with Gasteiger partial charge in [-0.1, -0.05) is 6.07 Å². The third-order valence-electron chi connectivity index (χ3n) is 5.73. The first-order chi connectivity index (χ1) is 14.2.